The number of aromatic nitrogens is 4. The SMILES string of the molecule is Cc1nc(C(C)(C)C)nc(N2CCN(Cc3nc(C(C)C)no3)CC2)c1C. The van der Waals surface area contributed by atoms with Crippen molar-refractivity contribution in [2.75, 3.05) is 31.1 Å². The Hall–Kier alpha value is -2.02. The maximum Gasteiger partial charge on any atom is 0.240 e. The molecule has 0 spiro atoms. The average molecular weight is 373 g/mol. The van der Waals surface area contributed by atoms with Gasteiger partial charge in [-0.05, 0) is 13.8 Å². The lowest BCUT2D eigenvalue weighted by molar-refractivity contribution is 0.214. The van der Waals surface area contributed by atoms with Gasteiger partial charge in [-0.3, -0.25) is 4.90 Å². The van der Waals surface area contributed by atoms with E-state index in [1.165, 1.54) is 5.56 Å². The summed E-state index contributed by atoms with van der Waals surface area (Å²) in [5, 5.41) is 4.06. The number of aryl methyl sites for hydroxylation is 1. The van der Waals surface area contributed by atoms with Crippen LogP contribution in [-0.2, 0) is 12.0 Å². The van der Waals surface area contributed by atoms with Crippen LogP contribution in [0.25, 0.3) is 0 Å². The Morgan fingerprint density at radius 3 is 2.22 bits per heavy atom. The smallest absolute Gasteiger partial charge is 0.240 e. The summed E-state index contributed by atoms with van der Waals surface area (Å²) in [6.45, 7) is 19.3. The van der Waals surface area contributed by atoms with E-state index in [1.807, 2.05) is 0 Å². The maximum absolute atomic E-state index is 5.39. The lowest BCUT2D eigenvalue weighted by Gasteiger charge is -2.36. The van der Waals surface area contributed by atoms with Gasteiger partial charge in [-0.1, -0.05) is 39.8 Å². The summed E-state index contributed by atoms with van der Waals surface area (Å²) >= 11 is 0. The van der Waals surface area contributed by atoms with E-state index >= 15 is 0 Å². The van der Waals surface area contributed by atoms with Gasteiger partial charge in [0.25, 0.3) is 0 Å². The molecule has 27 heavy (non-hydrogen) atoms. The van der Waals surface area contributed by atoms with E-state index < -0.39 is 0 Å². The van der Waals surface area contributed by atoms with Crippen LogP contribution in [0, 0.1) is 13.8 Å². The quantitative estimate of drug-likeness (QED) is 0.816. The van der Waals surface area contributed by atoms with Crippen molar-refractivity contribution >= 4 is 5.82 Å². The van der Waals surface area contributed by atoms with Crippen molar-refractivity contribution in [3.63, 3.8) is 0 Å². The molecule has 1 aliphatic rings. The monoisotopic (exact) mass is 372 g/mol. The largest absolute Gasteiger partial charge is 0.354 e. The van der Waals surface area contributed by atoms with Crippen molar-refractivity contribution in [1.29, 1.82) is 0 Å². The van der Waals surface area contributed by atoms with E-state index in [2.05, 4.69) is 68.4 Å². The Labute approximate surface area is 162 Å². The zero-order valence-corrected chi connectivity index (χ0v) is 17.7. The second-order valence-corrected chi connectivity index (χ2v) is 8.80. The molecule has 7 nitrogen and oxygen atoms in total. The van der Waals surface area contributed by atoms with Crippen LogP contribution in [0.2, 0.25) is 0 Å². The molecule has 3 heterocycles. The third-order valence-corrected chi connectivity index (χ3v) is 5.07. The number of hydrogen-bond acceptors (Lipinski definition) is 7. The molecule has 0 N–H and O–H groups in total. The van der Waals surface area contributed by atoms with Crippen LogP contribution in [-0.4, -0.2) is 51.2 Å². The Balaban J connectivity index is 1.67. The molecule has 0 atom stereocenters. The van der Waals surface area contributed by atoms with Gasteiger partial charge < -0.3 is 9.42 Å². The molecular weight excluding hydrogens is 340 g/mol. The summed E-state index contributed by atoms with van der Waals surface area (Å²) in [6, 6.07) is 0. The molecular formula is C20H32N6O. The van der Waals surface area contributed by atoms with Crippen LogP contribution < -0.4 is 4.90 Å². The molecule has 0 radical (unpaired) electrons. The Morgan fingerprint density at radius 1 is 1.00 bits per heavy atom. The lowest BCUT2D eigenvalue weighted by atomic mass is 9.95. The Kier molecular flexibility index (Phi) is 5.51. The van der Waals surface area contributed by atoms with E-state index in [1.54, 1.807) is 0 Å². The molecule has 0 amide bonds. The highest BCUT2D eigenvalue weighted by atomic mass is 16.5. The molecule has 1 saturated heterocycles. The van der Waals surface area contributed by atoms with Gasteiger partial charge in [0.05, 0.1) is 6.54 Å². The van der Waals surface area contributed by atoms with Crippen molar-refractivity contribution in [3.05, 3.63) is 28.8 Å². The summed E-state index contributed by atoms with van der Waals surface area (Å²) in [5.41, 5.74) is 2.19. The fourth-order valence-corrected chi connectivity index (χ4v) is 3.13. The number of nitrogens with zero attached hydrogens (tertiary/aromatic N) is 6. The summed E-state index contributed by atoms with van der Waals surface area (Å²) in [5.74, 6) is 3.77. The molecule has 2 aromatic rings. The van der Waals surface area contributed by atoms with E-state index in [9.17, 15) is 0 Å². The van der Waals surface area contributed by atoms with Crippen molar-refractivity contribution in [3.8, 4) is 0 Å². The molecule has 148 valence electrons. The summed E-state index contributed by atoms with van der Waals surface area (Å²) < 4.78 is 5.39. The minimum Gasteiger partial charge on any atom is -0.354 e. The molecule has 1 fully saturated rings. The maximum atomic E-state index is 5.39. The third-order valence-electron chi connectivity index (χ3n) is 5.07. The first-order valence-corrected chi connectivity index (χ1v) is 9.80. The topological polar surface area (TPSA) is 71.2 Å². The Bertz CT molecular complexity index is 784. The second-order valence-electron chi connectivity index (χ2n) is 8.80. The molecule has 0 aliphatic carbocycles. The van der Waals surface area contributed by atoms with Gasteiger partial charge in [-0.15, -0.1) is 0 Å². The molecule has 0 aromatic carbocycles. The van der Waals surface area contributed by atoms with Gasteiger partial charge in [-0.2, -0.15) is 4.98 Å². The van der Waals surface area contributed by atoms with Crippen LogP contribution in [0.1, 0.15) is 69.3 Å². The standard InChI is InChI=1S/C20H32N6O/c1-13(2)17-22-16(27-24-17)12-25-8-10-26(11-9-25)18-14(3)15(4)21-19(23-18)20(5,6)7/h13H,8-12H2,1-7H3. The zero-order valence-electron chi connectivity index (χ0n) is 17.7. The van der Waals surface area contributed by atoms with Gasteiger partial charge in [0.15, 0.2) is 5.82 Å². The number of rotatable bonds is 4. The van der Waals surface area contributed by atoms with Crippen molar-refractivity contribution in [2.24, 2.45) is 0 Å². The van der Waals surface area contributed by atoms with Crippen LogP contribution in [0.3, 0.4) is 0 Å². The van der Waals surface area contributed by atoms with Crippen LogP contribution in [0.4, 0.5) is 5.82 Å². The number of piperazine rings is 1. The normalized spacial score (nSPS) is 16.4. The molecule has 0 saturated carbocycles. The van der Waals surface area contributed by atoms with Gasteiger partial charge in [0.2, 0.25) is 5.89 Å². The van der Waals surface area contributed by atoms with Crippen LogP contribution in [0.15, 0.2) is 4.52 Å². The fraction of sp³-hybridized carbons (Fsp3) is 0.700. The summed E-state index contributed by atoms with van der Waals surface area (Å²) in [6.07, 6.45) is 0. The molecule has 3 rings (SSSR count). The van der Waals surface area contributed by atoms with Gasteiger partial charge in [0.1, 0.15) is 11.6 Å². The fourth-order valence-electron chi connectivity index (χ4n) is 3.13. The first-order valence-electron chi connectivity index (χ1n) is 9.80. The summed E-state index contributed by atoms with van der Waals surface area (Å²) in [7, 11) is 0. The third kappa shape index (κ3) is 4.46. The first-order chi connectivity index (χ1) is 12.6. The van der Waals surface area contributed by atoms with E-state index in [4.69, 9.17) is 14.5 Å². The zero-order chi connectivity index (χ0) is 19.8. The molecule has 2 aromatic heterocycles. The van der Waals surface area contributed by atoms with Crippen LogP contribution >= 0.6 is 0 Å². The van der Waals surface area contributed by atoms with Crippen molar-refractivity contribution < 1.29 is 4.52 Å². The predicted molar refractivity (Wildman–Crippen MR) is 106 cm³/mol. The van der Waals surface area contributed by atoms with E-state index in [-0.39, 0.29) is 5.41 Å². The van der Waals surface area contributed by atoms with Crippen LogP contribution in [0.5, 0.6) is 0 Å². The number of hydrogen-bond donors (Lipinski definition) is 0. The van der Waals surface area contributed by atoms with E-state index in [0.717, 1.165) is 49.3 Å². The van der Waals surface area contributed by atoms with Crippen molar-refractivity contribution in [1.82, 2.24) is 25.0 Å². The summed E-state index contributed by atoms with van der Waals surface area (Å²) in [4.78, 5) is 18.9. The first kappa shape index (κ1) is 19.7. The average Bonchev–Trinajstić information content (AvgIpc) is 3.06. The Morgan fingerprint density at radius 2 is 1.67 bits per heavy atom. The van der Waals surface area contributed by atoms with Crippen molar-refractivity contribution in [2.45, 2.75) is 66.3 Å². The van der Waals surface area contributed by atoms with Gasteiger partial charge in [0, 0.05) is 48.8 Å². The highest BCUT2D eigenvalue weighted by Gasteiger charge is 2.25. The van der Waals surface area contributed by atoms with E-state index in [0.29, 0.717) is 18.4 Å². The molecule has 0 unspecified atom stereocenters. The minimum atomic E-state index is -0.0545. The predicted octanol–water partition coefficient (Wildman–Crippen LogP) is 3.22. The lowest BCUT2D eigenvalue weighted by Crippen LogP contribution is -2.46. The highest BCUT2D eigenvalue weighted by Crippen LogP contribution is 2.26. The van der Waals surface area contributed by atoms with Gasteiger partial charge in [-0.25, -0.2) is 9.97 Å². The number of anilines is 1. The highest BCUT2D eigenvalue weighted by molar-refractivity contribution is 5.49. The molecule has 0 bridgehead atoms. The van der Waals surface area contributed by atoms with Gasteiger partial charge >= 0.3 is 0 Å². The molecule has 7 heteroatoms. The second kappa shape index (κ2) is 7.54. The minimum absolute atomic E-state index is 0.0545. The molecule has 1 aliphatic heterocycles.